The number of benzene rings is 2. The highest BCUT2D eigenvalue weighted by Gasteiger charge is 2.22. The third-order valence-electron chi connectivity index (χ3n) is 4.88. The Morgan fingerprint density at radius 3 is 2.69 bits per heavy atom. The summed E-state index contributed by atoms with van der Waals surface area (Å²) < 4.78 is 16.3. The number of aryl methyl sites for hydroxylation is 2. The lowest BCUT2D eigenvalue weighted by Gasteiger charge is -2.25. The number of para-hydroxylation sites is 1. The summed E-state index contributed by atoms with van der Waals surface area (Å²) >= 11 is 6.24. The predicted octanol–water partition coefficient (Wildman–Crippen LogP) is 5.85. The molecule has 0 unspecified atom stereocenters. The Morgan fingerprint density at radius 1 is 1.28 bits per heavy atom. The summed E-state index contributed by atoms with van der Waals surface area (Å²) in [5.74, 6) is 0.529. The quantitative estimate of drug-likeness (QED) is 0.485. The van der Waals surface area contributed by atoms with Crippen LogP contribution in [0.2, 0.25) is 5.02 Å². The molecule has 0 spiro atoms. The van der Waals surface area contributed by atoms with Gasteiger partial charge < -0.3 is 9.47 Å². The van der Waals surface area contributed by atoms with Crippen molar-refractivity contribution in [2.24, 2.45) is 5.92 Å². The number of carbonyl (C=O) groups excluding carboxylic acids is 1. The Kier molecular flexibility index (Phi) is 6.58. The minimum atomic E-state index is -0.342. The summed E-state index contributed by atoms with van der Waals surface area (Å²) in [5, 5.41) is 0.570. The van der Waals surface area contributed by atoms with Crippen LogP contribution in [-0.4, -0.2) is 26.9 Å². The van der Waals surface area contributed by atoms with Gasteiger partial charge in [-0.25, -0.2) is 9.37 Å². The molecule has 154 valence electrons. The molecular formula is C23H27ClFN3O. The first-order valence-corrected chi connectivity index (χ1v) is 10.4. The van der Waals surface area contributed by atoms with Gasteiger partial charge in [-0.1, -0.05) is 44.5 Å². The maximum absolute atomic E-state index is 14.3. The van der Waals surface area contributed by atoms with Crippen molar-refractivity contribution in [3.8, 4) is 0 Å². The van der Waals surface area contributed by atoms with Crippen LogP contribution in [0, 0.1) is 18.7 Å². The van der Waals surface area contributed by atoms with Crippen molar-refractivity contribution in [1.29, 1.82) is 0 Å². The highest BCUT2D eigenvalue weighted by atomic mass is 35.5. The minimum Gasteiger partial charge on any atom is -0.331 e. The Bertz CT molecular complexity index is 1030. The van der Waals surface area contributed by atoms with Crippen molar-refractivity contribution in [3.63, 3.8) is 0 Å². The van der Waals surface area contributed by atoms with Crippen LogP contribution in [0.3, 0.4) is 0 Å². The number of hydrogen-bond donors (Lipinski definition) is 0. The lowest BCUT2D eigenvalue weighted by Crippen LogP contribution is -2.34. The molecule has 0 bridgehead atoms. The summed E-state index contributed by atoms with van der Waals surface area (Å²) in [7, 11) is 0. The van der Waals surface area contributed by atoms with Gasteiger partial charge in [0.2, 0.25) is 0 Å². The normalized spacial score (nSPS) is 11.4. The topological polar surface area (TPSA) is 38.1 Å². The van der Waals surface area contributed by atoms with Crippen molar-refractivity contribution in [1.82, 2.24) is 14.5 Å². The number of hydrogen-bond acceptors (Lipinski definition) is 2. The zero-order valence-electron chi connectivity index (χ0n) is 17.4. The van der Waals surface area contributed by atoms with Crippen molar-refractivity contribution >= 4 is 28.5 Å². The average Bonchev–Trinajstić information content (AvgIpc) is 3.02. The minimum absolute atomic E-state index is 0.101. The Hall–Kier alpha value is -2.40. The average molecular weight is 416 g/mol. The molecule has 0 saturated heterocycles. The molecule has 1 heterocycles. The first-order valence-electron chi connectivity index (χ1n) is 10.0. The second-order valence-corrected chi connectivity index (χ2v) is 8.24. The fourth-order valence-corrected chi connectivity index (χ4v) is 3.67. The summed E-state index contributed by atoms with van der Waals surface area (Å²) in [6, 6.07) is 10.3. The van der Waals surface area contributed by atoms with Gasteiger partial charge in [-0.15, -0.1) is 0 Å². The molecular weight excluding hydrogens is 389 g/mol. The number of carbonyl (C=O) groups is 1. The predicted molar refractivity (Wildman–Crippen MR) is 116 cm³/mol. The highest BCUT2D eigenvalue weighted by molar-refractivity contribution is 6.31. The molecule has 0 N–H and O–H groups in total. The Labute approximate surface area is 176 Å². The molecule has 29 heavy (non-hydrogen) atoms. The molecule has 2 aromatic carbocycles. The van der Waals surface area contributed by atoms with Crippen molar-refractivity contribution in [2.45, 2.75) is 47.2 Å². The van der Waals surface area contributed by atoms with E-state index in [1.165, 1.54) is 6.07 Å². The van der Waals surface area contributed by atoms with E-state index in [0.29, 0.717) is 35.0 Å². The van der Waals surface area contributed by atoms with Gasteiger partial charge in [-0.05, 0) is 49.1 Å². The van der Waals surface area contributed by atoms with E-state index in [-0.39, 0.29) is 17.6 Å². The van der Waals surface area contributed by atoms with Crippen LogP contribution in [0.25, 0.3) is 11.0 Å². The molecule has 6 heteroatoms. The maximum Gasteiger partial charge on any atom is 0.254 e. The van der Waals surface area contributed by atoms with E-state index in [1.54, 1.807) is 23.1 Å². The van der Waals surface area contributed by atoms with Crippen LogP contribution in [0.1, 0.15) is 48.9 Å². The number of aromatic nitrogens is 2. The third-order valence-corrected chi connectivity index (χ3v) is 5.29. The lowest BCUT2D eigenvalue weighted by molar-refractivity contribution is 0.0716. The van der Waals surface area contributed by atoms with Gasteiger partial charge in [0.15, 0.2) is 5.82 Å². The number of nitrogens with zero attached hydrogens (tertiary/aromatic N) is 3. The molecule has 3 aromatic rings. The van der Waals surface area contributed by atoms with Gasteiger partial charge in [0, 0.05) is 23.7 Å². The van der Waals surface area contributed by atoms with Crippen LogP contribution in [0.4, 0.5) is 4.39 Å². The zero-order chi connectivity index (χ0) is 21.1. The highest BCUT2D eigenvalue weighted by Crippen LogP contribution is 2.23. The van der Waals surface area contributed by atoms with E-state index in [4.69, 9.17) is 11.6 Å². The van der Waals surface area contributed by atoms with E-state index < -0.39 is 0 Å². The van der Waals surface area contributed by atoms with Gasteiger partial charge in [-0.3, -0.25) is 4.79 Å². The molecule has 0 aliphatic heterocycles. The number of halogens is 2. The lowest BCUT2D eigenvalue weighted by atomic mass is 10.1. The van der Waals surface area contributed by atoms with E-state index in [0.717, 1.165) is 24.0 Å². The summed E-state index contributed by atoms with van der Waals surface area (Å²) in [5.41, 5.74) is 2.59. The molecule has 1 aromatic heterocycles. The standard InChI is InChI=1S/C23H27ClFN3O/c1-5-11-28-20-8-6-7-19(25)22(20)26-21(28)14-27(13-15(2)3)23(29)17-10-9-16(4)18(24)12-17/h6-10,12,15H,5,11,13-14H2,1-4H3. The molecule has 1 amide bonds. The fraction of sp³-hybridized carbons (Fsp3) is 0.391. The van der Waals surface area contributed by atoms with Gasteiger partial charge in [0.25, 0.3) is 5.91 Å². The molecule has 3 rings (SSSR count). The number of imidazole rings is 1. The fourth-order valence-electron chi connectivity index (χ4n) is 3.49. The van der Waals surface area contributed by atoms with Crippen LogP contribution >= 0.6 is 11.6 Å². The van der Waals surface area contributed by atoms with Crippen LogP contribution in [-0.2, 0) is 13.1 Å². The molecule has 4 nitrogen and oxygen atoms in total. The summed E-state index contributed by atoms with van der Waals surface area (Å²) in [6.45, 7) is 9.71. The van der Waals surface area contributed by atoms with Crippen LogP contribution < -0.4 is 0 Å². The SMILES string of the molecule is CCCn1c(CN(CC(C)C)C(=O)c2ccc(C)c(Cl)c2)nc2c(F)cccc21. The third kappa shape index (κ3) is 4.61. The molecule has 0 aliphatic rings. The second-order valence-electron chi connectivity index (χ2n) is 7.83. The Morgan fingerprint density at radius 2 is 2.03 bits per heavy atom. The van der Waals surface area contributed by atoms with Crippen molar-refractivity contribution in [3.05, 3.63) is 64.2 Å². The Balaban J connectivity index is 2.00. The monoisotopic (exact) mass is 415 g/mol. The molecule has 0 atom stereocenters. The first-order chi connectivity index (χ1) is 13.8. The van der Waals surface area contributed by atoms with E-state index in [2.05, 4.69) is 25.8 Å². The van der Waals surface area contributed by atoms with Crippen molar-refractivity contribution in [2.75, 3.05) is 6.54 Å². The largest absolute Gasteiger partial charge is 0.331 e. The number of rotatable bonds is 7. The maximum atomic E-state index is 14.3. The second kappa shape index (κ2) is 8.95. The summed E-state index contributed by atoms with van der Waals surface area (Å²) in [6.07, 6.45) is 0.890. The van der Waals surface area contributed by atoms with Gasteiger partial charge in [0.05, 0.1) is 12.1 Å². The van der Waals surface area contributed by atoms with Crippen molar-refractivity contribution < 1.29 is 9.18 Å². The van der Waals surface area contributed by atoms with E-state index in [9.17, 15) is 9.18 Å². The van der Waals surface area contributed by atoms with E-state index >= 15 is 0 Å². The van der Waals surface area contributed by atoms with Crippen LogP contribution in [0.15, 0.2) is 36.4 Å². The molecule has 0 saturated carbocycles. The van der Waals surface area contributed by atoms with E-state index in [1.807, 2.05) is 23.6 Å². The molecule has 0 fully saturated rings. The zero-order valence-corrected chi connectivity index (χ0v) is 18.1. The smallest absolute Gasteiger partial charge is 0.254 e. The molecule has 0 radical (unpaired) electrons. The van der Waals surface area contributed by atoms with Gasteiger partial charge in [0.1, 0.15) is 11.3 Å². The number of amides is 1. The van der Waals surface area contributed by atoms with Gasteiger partial charge >= 0.3 is 0 Å². The first kappa shape index (κ1) is 21.3. The van der Waals surface area contributed by atoms with Crippen LogP contribution in [0.5, 0.6) is 0 Å². The summed E-state index contributed by atoms with van der Waals surface area (Å²) in [4.78, 5) is 19.6. The molecule has 0 aliphatic carbocycles. The van der Waals surface area contributed by atoms with Gasteiger partial charge in [-0.2, -0.15) is 0 Å². The number of fused-ring (bicyclic) bond motifs is 1.